The van der Waals surface area contributed by atoms with Crippen LogP contribution in [0.4, 0.5) is 0 Å². The first-order valence-electron chi connectivity index (χ1n) is 7.19. The van der Waals surface area contributed by atoms with E-state index in [0.717, 1.165) is 24.3 Å². The average molecular weight is 289 g/mol. The largest absolute Gasteiger partial charge is 0.493 e. The average Bonchev–Trinajstić information content (AvgIpc) is 2.61. The van der Waals surface area contributed by atoms with E-state index in [4.69, 9.17) is 9.47 Å². The predicted molar refractivity (Wildman–Crippen MR) is 82.7 cm³/mol. The fraction of sp³-hybridized carbons (Fsp3) is 0.471. The van der Waals surface area contributed by atoms with Gasteiger partial charge < -0.3 is 14.4 Å². The number of carbonyl (C=O) groups excluding carboxylic acids is 1. The Balaban J connectivity index is 2.53. The van der Waals surface area contributed by atoms with Gasteiger partial charge in [-0.25, -0.2) is 0 Å². The van der Waals surface area contributed by atoms with Gasteiger partial charge in [-0.15, -0.1) is 0 Å². The maximum Gasteiger partial charge on any atom is 0.246 e. The second kappa shape index (κ2) is 6.20. The first kappa shape index (κ1) is 15.4. The molecule has 1 aromatic carbocycles. The molecule has 4 heteroatoms. The summed E-state index contributed by atoms with van der Waals surface area (Å²) >= 11 is 0. The highest BCUT2D eigenvalue weighted by molar-refractivity contribution is 5.87. The Labute approximate surface area is 126 Å². The van der Waals surface area contributed by atoms with E-state index >= 15 is 0 Å². The molecule has 0 radical (unpaired) electrons. The number of carbonyl (C=O) groups is 1. The number of ether oxygens (including phenoxy) is 2. The highest BCUT2D eigenvalue weighted by Gasteiger charge is 2.29. The van der Waals surface area contributed by atoms with Crippen molar-refractivity contribution >= 4 is 5.91 Å². The summed E-state index contributed by atoms with van der Waals surface area (Å²) in [5.41, 5.74) is 2.33. The molecular formula is C17H23NO3. The van der Waals surface area contributed by atoms with Gasteiger partial charge >= 0.3 is 0 Å². The lowest BCUT2D eigenvalue weighted by atomic mass is 9.95. The SMILES string of the molecule is C=CC(=O)N1C[C@@H](C)Cc2cc(OC)c(OC)cc2[C@@H]1C. The number of methoxy groups -OCH3 is 2. The lowest BCUT2D eigenvalue weighted by Gasteiger charge is -2.28. The molecule has 4 nitrogen and oxygen atoms in total. The van der Waals surface area contributed by atoms with Crippen molar-refractivity contribution in [2.45, 2.75) is 26.3 Å². The molecule has 1 aromatic rings. The van der Waals surface area contributed by atoms with Crippen LogP contribution in [0.2, 0.25) is 0 Å². The van der Waals surface area contributed by atoms with Gasteiger partial charge in [0.15, 0.2) is 11.5 Å². The van der Waals surface area contributed by atoms with E-state index in [0.29, 0.717) is 11.7 Å². The van der Waals surface area contributed by atoms with Gasteiger partial charge in [0.25, 0.3) is 0 Å². The number of benzene rings is 1. The Morgan fingerprint density at radius 2 is 1.90 bits per heavy atom. The van der Waals surface area contributed by atoms with Gasteiger partial charge in [-0.2, -0.15) is 0 Å². The summed E-state index contributed by atoms with van der Waals surface area (Å²) in [7, 11) is 3.27. The van der Waals surface area contributed by atoms with E-state index in [1.54, 1.807) is 14.2 Å². The predicted octanol–water partition coefficient (Wildman–Crippen LogP) is 2.97. The molecule has 0 N–H and O–H groups in total. The zero-order valence-corrected chi connectivity index (χ0v) is 13.2. The molecule has 0 aliphatic carbocycles. The minimum Gasteiger partial charge on any atom is -0.493 e. The van der Waals surface area contributed by atoms with E-state index in [1.165, 1.54) is 11.6 Å². The van der Waals surface area contributed by atoms with Crippen LogP contribution in [0.15, 0.2) is 24.8 Å². The maximum atomic E-state index is 12.1. The van der Waals surface area contributed by atoms with Gasteiger partial charge in [0, 0.05) is 6.54 Å². The molecule has 0 spiro atoms. The van der Waals surface area contributed by atoms with Gasteiger partial charge in [0.05, 0.1) is 20.3 Å². The van der Waals surface area contributed by atoms with E-state index in [9.17, 15) is 4.79 Å². The molecule has 0 saturated heterocycles. The molecule has 0 aromatic heterocycles. The third-order valence-corrected chi connectivity index (χ3v) is 4.10. The summed E-state index contributed by atoms with van der Waals surface area (Å²) in [5, 5.41) is 0. The summed E-state index contributed by atoms with van der Waals surface area (Å²) in [6, 6.07) is 4.01. The van der Waals surface area contributed by atoms with Crippen molar-refractivity contribution in [3.63, 3.8) is 0 Å². The fourth-order valence-electron chi connectivity index (χ4n) is 3.00. The van der Waals surface area contributed by atoms with Crippen LogP contribution >= 0.6 is 0 Å². The molecule has 0 saturated carbocycles. The van der Waals surface area contributed by atoms with Crippen LogP contribution in [-0.2, 0) is 11.2 Å². The van der Waals surface area contributed by atoms with Crippen molar-refractivity contribution in [1.82, 2.24) is 4.90 Å². The molecule has 1 aliphatic heterocycles. The van der Waals surface area contributed by atoms with Crippen molar-refractivity contribution < 1.29 is 14.3 Å². The third-order valence-electron chi connectivity index (χ3n) is 4.10. The topological polar surface area (TPSA) is 38.8 Å². The van der Waals surface area contributed by atoms with Crippen molar-refractivity contribution in [3.05, 3.63) is 35.9 Å². The Hall–Kier alpha value is -1.97. The smallest absolute Gasteiger partial charge is 0.246 e. The molecule has 1 heterocycles. The van der Waals surface area contributed by atoms with Crippen LogP contribution in [-0.4, -0.2) is 31.6 Å². The van der Waals surface area contributed by atoms with Crippen molar-refractivity contribution in [1.29, 1.82) is 0 Å². The normalized spacial score (nSPS) is 21.2. The molecular weight excluding hydrogens is 266 g/mol. The third kappa shape index (κ3) is 2.89. The van der Waals surface area contributed by atoms with Crippen molar-refractivity contribution in [2.75, 3.05) is 20.8 Å². The number of hydrogen-bond donors (Lipinski definition) is 0. The molecule has 0 unspecified atom stereocenters. The first-order chi connectivity index (χ1) is 10.0. The van der Waals surface area contributed by atoms with E-state index in [-0.39, 0.29) is 11.9 Å². The minimum absolute atomic E-state index is 0.00439. The number of rotatable bonds is 3. The molecule has 114 valence electrons. The fourth-order valence-corrected chi connectivity index (χ4v) is 3.00. The van der Waals surface area contributed by atoms with Gasteiger partial charge in [0.1, 0.15) is 0 Å². The van der Waals surface area contributed by atoms with Gasteiger partial charge in [0.2, 0.25) is 5.91 Å². The highest BCUT2D eigenvalue weighted by atomic mass is 16.5. The van der Waals surface area contributed by atoms with Crippen LogP contribution in [0.5, 0.6) is 11.5 Å². The molecule has 1 amide bonds. The summed E-state index contributed by atoms with van der Waals surface area (Å²) in [6.07, 6.45) is 2.30. The lowest BCUT2D eigenvalue weighted by Crippen LogP contribution is -2.34. The quantitative estimate of drug-likeness (QED) is 0.803. The molecule has 0 bridgehead atoms. The Morgan fingerprint density at radius 1 is 1.29 bits per heavy atom. The van der Waals surface area contributed by atoms with Crippen molar-refractivity contribution in [2.24, 2.45) is 5.92 Å². The Kier molecular flexibility index (Phi) is 4.56. The van der Waals surface area contributed by atoms with Crippen LogP contribution in [0.25, 0.3) is 0 Å². The Morgan fingerprint density at radius 3 is 2.48 bits per heavy atom. The number of amides is 1. The highest BCUT2D eigenvalue weighted by Crippen LogP contribution is 2.38. The van der Waals surface area contributed by atoms with Crippen LogP contribution < -0.4 is 9.47 Å². The van der Waals surface area contributed by atoms with Crippen LogP contribution in [0, 0.1) is 5.92 Å². The van der Waals surface area contributed by atoms with Gasteiger partial charge in [-0.1, -0.05) is 13.5 Å². The first-order valence-corrected chi connectivity index (χ1v) is 7.19. The van der Waals surface area contributed by atoms with Gasteiger partial charge in [-0.05, 0) is 48.6 Å². The molecule has 2 rings (SSSR count). The molecule has 2 atom stereocenters. The van der Waals surface area contributed by atoms with E-state index in [1.807, 2.05) is 24.0 Å². The number of fused-ring (bicyclic) bond motifs is 1. The summed E-state index contributed by atoms with van der Waals surface area (Å²) in [5.74, 6) is 1.79. The monoisotopic (exact) mass is 289 g/mol. The molecule has 0 fully saturated rings. The lowest BCUT2D eigenvalue weighted by molar-refractivity contribution is -0.128. The molecule has 1 aliphatic rings. The Bertz CT molecular complexity index is 553. The summed E-state index contributed by atoms with van der Waals surface area (Å²) in [6.45, 7) is 8.54. The second-order valence-corrected chi connectivity index (χ2v) is 5.59. The van der Waals surface area contributed by atoms with Crippen LogP contribution in [0.1, 0.15) is 31.0 Å². The van der Waals surface area contributed by atoms with Crippen molar-refractivity contribution in [3.8, 4) is 11.5 Å². The van der Waals surface area contributed by atoms with Gasteiger partial charge in [-0.3, -0.25) is 4.79 Å². The van der Waals surface area contributed by atoms with E-state index < -0.39 is 0 Å². The van der Waals surface area contributed by atoms with Crippen LogP contribution in [0.3, 0.4) is 0 Å². The maximum absolute atomic E-state index is 12.1. The second-order valence-electron chi connectivity index (χ2n) is 5.59. The van der Waals surface area contributed by atoms with E-state index in [2.05, 4.69) is 13.5 Å². The summed E-state index contributed by atoms with van der Waals surface area (Å²) < 4.78 is 10.8. The zero-order valence-electron chi connectivity index (χ0n) is 13.2. The summed E-state index contributed by atoms with van der Waals surface area (Å²) in [4.78, 5) is 14.0. The number of nitrogens with zero attached hydrogens (tertiary/aromatic N) is 1. The zero-order chi connectivity index (χ0) is 15.6. The minimum atomic E-state index is -0.0306. The standard InChI is InChI=1S/C17H23NO3/c1-6-17(19)18-10-11(2)7-13-8-15(20-4)16(21-5)9-14(13)12(18)3/h6,8-9,11-12H,1,7,10H2,2-5H3/t11-,12-/m0/s1. The number of hydrogen-bond acceptors (Lipinski definition) is 3. The molecule has 21 heavy (non-hydrogen) atoms.